The van der Waals surface area contributed by atoms with Crippen molar-refractivity contribution in [2.75, 3.05) is 26.2 Å². The molecule has 1 aromatic rings. The van der Waals surface area contributed by atoms with Crippen LogP contribution in [-0.4, -0.2) is 37.1 Å². The van der Waals surface area contributed by atoms with Crippen LogP contribution in [0.25, 0.3) is 0 Å². The molecule has 1 aliphatic heterocycles. The number of hydrogen-bond donors (Lipinski definition) is 1. The second-order valence-corrected chi connectivity index (χ2v) is 5.78. The molecule has 2 heteroatoms. The summed E-state index contributed by atoms with van der Waals surface area (Å²) >= 11 is 0. The molecule has 1 heterocycles. The zero-order chi connectivity index (χ0) is 13.5. The molecule has 0 spiro atoms. The van der Waals surface area contributed by atoms with E-state index in [1.807, 2.05) is 0 Å². The first-order valence-corrected chi connectivity index (χ1v) is 7.81. The van der Waals surface area contributed by atoms with Gasteiger partial charge in [-0.25, -0.2) is 0 Å². The van der Waals surface area contributed by atoms with E-state index in [0.29, 0.717) is 5.92 Å². The summed E-state index contributed by atoms with van der Waals surface area (Å²) in [6.07, 6.45) is 3.84. The predicted octanol–water partition coefficient (Wildman–Crippen LogP) is 3.25. The Hall–Kier alpha value is -0.860. The summed E-state index contributed by atoms with van der Waals surface area (Å²) in [6, 6.07) is 11.7. The highest BCUT2D eigenvalue weighted by molar-refractivity contribution is 5.18. The van der Waals surface area contributed by atoms with Crippen LogP contribution in [0, 0.1) is 0 Å². The molecule has 1 N–H and O–H groups in total. The quantitative estimate of drug-likeness (QED) is 0.809. The van der Waals surface area contributed by atoms with Crippen molar-refractivity contribution in [2.24, 2.45) is 0 Å². The molecule has 106 valence electrons. The zero-order valence-electron chi connectivity index (χ0n) is 12.4. The van der Waals surface area contributed by atoms with Gasteiger partial charge in [-0.1, -0.05) is 44.2 Å². The lowest BCUT2D eigenvalue weighted by Crippen LogP contribution is -2.38. The van der Waals surface area contributed by atoms with Gasteiger partial charge in [0.1, 0.15) is 0 Å². The van der Waals surface area contributed by atoms with E-state index < -0.39 is 0 Å². The van der Waals surface area contributed by atoms with E-state index in [0.717, 1.165) is 6.04 Å². The summed E-state index contributed by atoms with van der Waals surface area (Å²) in [7, 11) is 0. The van der Waals surface area contributed by atoms with E-state index in [4.69, 9.17) is 0 Å². The van der Waals surface area contributed by atoms with Crippen LogP contribution in [-0.2, 0) is 0 Å². The van der Waals surface area contributed by atoms with E-state index in [9.17, 15) is 0 Å². The highest BCUT2D eigenvalue weighted by atomic mass is 15.2. The fourth-order valence-corrected chi connectivity index (χ4v) is 3.02. The van der Waals surface area contributed by atoms with Crippen LogP contribution in [0.15, 0.2) is 30.3 Å². The lowest BCUT2D eigenvalue weighted by atomic mass is 9.97. The van der Waals surface area contributed by atoms with Gasteiger partial charge >= 0.3 is 0 Å². The number of nitrogens with one attached hydrogen (secondary N) is 1. The zero-order valence-corrected chi connectivity index (χ0v) is 12.4. The second-order valence-electron chi connectivity index (χ2n) is 5.78. The van der Waals surface area contributed by atoms with Crippen molar-refractivity contribution in [3.8, 4) is 0 Å². The van der Waals surface area contributed by atoms with Crippen LogP contribution in [0.1, 0.15) is 44.6 Å². The van der Waals surface area contributed by atoms with E-state index in [1.165, 1.54) is 51.0 Å². The average Bonchev–Trinajstić information content (AvgIpc) is 2.98. The fraction of sp³-hybridized carbons (Fsp3) is 0.647. The molecule has 2 unspecified atom stereocenters. The smallest absolute Gasteiger partial charge is 0.0232 e. The van der Waals surface area contributed by atoms with Crippen molar-refractivity contribution >= 4 is 0 Å². The largest absolute Gasteiger partial charge is 0.315 e. The van der Waals surface area contributed by atoms with Gasteiger partial charge in [0.25, 0.3) is 0 Å². The average molecular weight is 260 g/mol. The van der Waals surface area contributed by atoms with Gasteiger partial charge in [-0.3, -0.25) is 4.90 Å². The summed E-state index contributed by atoms with van der Waals surface area (Å²) in [4.78, 5) is 2.69. The Morgan fingerprint density at radius 2 is 2.05 bits per heavy atom. The standard InChI is InChI=1S/C17H28N2/c1-3-12-19(17-9-11-18-14-17)13-10-15(2)16-7-5-4-6-8-16/h4-8,15,17-18H,3,9-14H2,1-2H3. The van der Waals surface area contributed by atoms with Crippen molar-refractivity contribution in [1.29, 1.82) is 0 Å². The minimum atomic E-state index is 0.662. The first kappa shape index (κ1) is 14.5. The molecule has 0 bridgehead atoms. The van der Waals surface area contributed by atoms with Crippen molar-refractivity contribution in [3.63, 3.8) is 0 Å². The molecular weight excluding hydrogens is 232 g/mol. The third-order valence-corrected chi connectivity index (χ3v) is 4.28. The molecule has 2 nitrogen and oxygen atoms in total. The first-order valence-electron chi connectivity index (χ1n) is 7.81. The van der Waals surface area contributed by atoms with Gasteiger partial charge in [-0.15, -0.1) is 0 Å². The molecule has 1 saturated heterocycles. The molecule has 1 aromatic carbocycles. The Morgan fingerprint density at radius 1 is 1.26 bits per heavy atom. The maximum absolute atomic E-state index is 3.49. The summed E-state index contributed by atoms with van der Waals surface area (Å²) in [5.41, 5.74) is 1.48. The fourth-order valence-electron chi connectivity index (χ4n) is 3.02. The monoisotopic (exact) mass is 260 g/mol. The Labute approximate surface area is 118 Å². The second kappa shape index (κ2) is 7.66. The van der Waals surface area contributed by atoms with E-state index in [2.05, 4.69) is 54.4 Å². The van der Waals surface area contributed by atoms with Gasteiger partial charge in [-0.05, 0) is 50.4 Å². The molecule has 0 aromatic heterocycles. The highest BCUT2D eigenvalue weighted by Crippen LogP contribution is 2.20. The molecule has 19 heavy (non-hydrogen) atoms. The lowest BCUT2D eigenvalue weighted by molar-refractivity contribution is 0.202. The van der Waals surface area contributed by atoms with Crippen molar-refractivity contribution < 1.29 is 0 Å². The molecule has 0 saturated carbocycles. The molecular formula is C17H28N2. The van der Waals surface area contributed by atoms with Crippen LogP contribution in [0.2, 0.25) is 0 Å². The maximum Gasteiger partial charge on any atom is 0.0232 e. The van der Waals surface area contributed by atoms with Crippen molar-refractivity contribution in [1.82, 2.24) is 10.2 Å². The van der Waals surface area contributed by atoms with Crippen molar-refractivity contribution in [2.45, 2.75) is 45.1 Å². The number of rotatable bonds is 7. The summed E-state index contributed by atoms with van der Waals surface area (Å²) in [5.74, 6) is 0.662. The molecule has 2 rings (SSSR count). The molecule has 1 fully saturated rings. The van der Waals surface area contributed by atoms with Gasteiger partial charge in [-0.2, -0.15) is 0 Å². The Kier molecular flexibility index (Phi) is 5.87. The number of hydrogen-bond acceptors (Lipinski definition) is 2. The van der Waals surface area contributed by atoms with Crippen LogP contribution in [0.4, 0.5) is 0 Å². The van der Waals surface area contributed by atoms with Gasteiger partial charge in [0.05, 0.1) is 0 Å². The molecule has 2 atom stereocenters. The summed E-state index contributed by atoms with van der Waals surface area (Å²) in [6.45, 7) is 9.49. The van der Waals surface area contributed by atoms with Crippen LogP contribution in [0.3, 0.4) is 0 Å². The van der Waals surface area contributed by atoms with Crippen LogP contribution >= 0.6 is 0 Å². The van der Waals surface area contributed by atoms with Gasteiger partial charge in [0, 0.05) is 12.6 Å². The lowest BCUT2D eigenvalue weighted by Gasteiger charge is -2.29. The minimum Gasteiger partial charge on any atom is -0.315 e. The maximum atomic E-state index is 3.49. The van der Waals surface area contributed by atoms with Crippen LogP contribution < -0.4 is 5.32 Å². The van der Waals surface area contributed by atoms with E-state index in [1.54, 1.807) is 0 Å². The minimum absolute atomic E-state index is 0.662. The van der Waals surface area contributed by atoms with Crippen molar-refractivity contribution in [3.05, 3.63) is 35.9 Å². The number of benzene rings is 1. The first-order chi connectivity index (χ1) is 9.31. The summed E-state index contributed by atoms with van der Waals surface area (Å²) in [5, 5.41) is 3.49. The third-order valence-electron chi connectivity index (χ3n) is 4.28. The summed E-state index contributed by atoms with van der Waals surface area (Å²) < 4.78 is 0. The van der Waals surface area contributed by atoms with Crippen LogP contribution in [0.5, 0.6) is 0 Å². The van der Waals surface area contributed by atoms with Gasteiger partial charge in [0.2, 0.25) is 0 Å². The topological polar surface area (TPSA) is 15.3 Å². The Bertz CT molecular complexity index is 344. The van der Waals surface area contributed by atoms with Gasteiger partial charge in [0.15, 0.2) is 0 Å². The Balaban J connectivity index is 1.84. The molecule has 0 aliphatic carbocycles. The SMILES string of the molecule is CCCN(CCC(C)c1ccccc1)C1CCNC1. The molecule has 0 radical (unpaired) electrons. The number of nitrogens with zero attached hydrogens (tertiary/aromatic N) is 1. The highest BCUT2D eigenvalue weighted by Gasteiger charge is 2.21. The van der Waals surface area contributed by atoms with E-state index >= 15 is 0 Å². The normalized spacial score (nSPS) is 20.9. The molecule has 1 aliphatic rings. The van der Waals surface area contributed by atoms with Gasteiger partial charge < -0.3 is 5.32 Å². The van der Waals surface area contributed by atoms with E-state index in [-0.39, 0.29) is 0 Å². The third kappa shape index (κ3) is 4.32. The molecule has 0 amide bonds. The predicted molar refractivity (Wildman–Crippen MR) is 82.6 cm³/mol. The Morgan fingerprint density at radius 3 is 2.68 bits per heavy atom.